The molecule has 6 heteroatoms. The summed E-state index contributed by atoms with van der Waals surface area (Å²) in [6.45, 7) is 6.68. The summed E-state index contributed by atoms with van der Waals surface area (Å²) in [6.07, 6.45) is 62.0. The Bertz CT molecular complexity index is 1010. The Morgan fingerprint density at radius 2 is 0.508 bits per heavy atom. The van der Waals surface area contributed by atoms with Crippen molar-refractivity contribution in [2.75, 3.05) is 13.2 Å². The van der Waals surface area contributed by atoms with E-state index in [0.29, 0.717) is 19.3 Å². The van der Waals surface area contributed by atoms with Crippen LogP contribution in [0.3, 0.4) is 0 Å². The summed E-state index contributed by atoms with van der Waals surface area (Å²) in [5, 5.41) is 0. The number of ether oxygens (including phenoxy) is 3. The average molecular weight is 918 g/mol. The van der Waals surface area contributed by atoms with E-state index in [1.165, 1.54) is 225 Å². The molecule has 0 aromatic carbocycles. The topological polar surface area (TPSA) is 78.9 Å². The highest BCUT2D eigenvalue weighted by Gasteiger charge is 2.19. The molecule has 384 valence electrons. The number of carbonyl (C=O) groups excluding carboxylic acids is 3. The standard InChI is InChI=1S/C59H112O6/c1-4-7-10-13-16-19-22-25-28-29-30-31-32-35-37-40-43-46-49-52-58(61)64-55-56(65-59(62)53-50-47-44-41-38-34-27-24-21-18-15-12-9-6-3)54-63-57(60)51-48-45-42-39-36-33-26-23-20-17-14-11-8-5-2/h24,27,56H,4-23,25-26,28-55H2,1-3H3/b27-24+/t56-/m1/s1. The highest BCUT2D eigenvalue weighted by molar-refractivity contribution is 5.71. The molecular formula is C59H112O6. The van der Waals surface area contributed by atoms with Gasteiger partial charge in [-0.1, -0.05) is 277 Å². The number of hydrogen-bond donors (Lipinski definition) is 0. The summed E-state index contributed by atoms with van der Waals surface area (Å²) in [5.74, 6) is -0.851. The van der Waals surface area contributed by atoms with Crippen LogP contribution in [0.15, 0.2) is 12.2 Å². The molecule has 0 saturated heterocycles. The number of rotatable bonds is 54. The molecule has 0 rings (SSSR count). The van der Waals surface area contributed by atoms with E-state index in [1.807, 2.05) is 0 Å². The molecule has 0 aromatic rings. The van der Waals surface area contributed by atoms with Crippen LogP contribution in [0, 0.1) is 0 Å². The third-order valence-electron chi connectivity index (χ3n) is 13.3. The van der Waals surface area contributed by atoms with Crippen LogP contribution in [0.25, 0.3) is 0 Å². The molecule has 0 radical (unpaired) electrons. The van der Waals surface area contributed by atoms with Crippen LogP contribution in [-0.4, -0.2) is 37.2 Å². The predicted octanol–water partition coefficient (Wildman–Crippen LogP) is 19.3. The van der Waals surface area contributed by atoms with Gasteiger partial charge in [0.1, 0.15) is 13.2 Å². The number of unbranched alkanes of at least 4 members (excludes halogenated alkanes) is 41. The largest absolute Gasteiger partial charge is 0.462 e. The van der Waals surface area contributed by atoms with Crippen molar-refractivity contribution in [3.63, 3.8) is 0 Å². The lowest BCUT2D eigenvalue weighted by Gasteiger charge is -2.18. The fourth-order valence-electron chi connectivity index (χ4n) is 8.85. The summed E-state index contributed by atoms with van der Waals surface area (Å²) in [7, 11) is 0. The maximum Gasteiger partial charge on any atom is 0.306 e. The van der Waals surface area contributed by atoms with Crippen molar-refractivity contribution in [2.24, 2.45) is 0 Å². The highest BCUT2D eigenvalue weighted by Crippen LogP contribution is 2.17. The van der Waals surface area contributed by atoms with Gasteiger partial charge in [0.25, 0.3) is 0 Å². The first-order valence-corrected chi connectivity index (χ1v) is 29.2. The lowest BCUT2D eigenvalue weighted by Crippen LogP contribution is -2.30. The minimum atomic E-state index is -0.768. The van der Waals surface area contributed by atoms with Gasteiger partial charge < -0.3 is 14.2 Å². The van der Waals surface area contributed by atoms with Gasteiger partial charge >= 0.3 is 17.9 Å². The second-order valence-electron chi connectivity index (χ2n) is 19.9. The molecule has 0 saturated carbocycles. The maximum absolute atomic E-state index is 12.8. The quantitative estimate of drug-likeness (QED) is 0.0262. The molecule has 0 bridgehead atoms. The molecule has 0 aromatic heterocycles. The van der Waals surface area contributed by atoms with Gasteiger partial charge in [0.05, 0.1) is 0 Å². The molecule has 0 aliphatic rings. The van der Waals surface area contributed by atoms with Crippen LogP contribution in [-0.2, 0) is 28.6 Å². The predicted molar refractivity (Wildman–Crippen MR) is 280 cm³/mol. The minimum Gasteiger partial charge on any atom is -0.462 e. The third-order valence-corrected chi connectivity index (χ3v) is 13.3. The van der Waals surface area contributed by atoms with Crippen LogP contribution in [0.2, 0.25) is 0 Å². The SMILES string of the molecule is CCCCCCC/C=C/CCCCCCCC(=O)O[C@H](COC(=O)CCCCCCCCCCCCCCCC)COC(=O)CCCCCCCCCCCCCCCCCCCCC. The van der Waals surface area contributed by atoms with E-state index in [4.69, 9.17) is 14.2 Å². The van der Waals surface area contributed by atoms with E-state index < -0.39 is 6.10 Å². The molecule has 65 heavy (non-hydrogen) atoms. The number of hydrogen-bond acceptors (Lipinski definition) is 6. The third kappa shape index (κ3) is 53.0. The smallest absolute Gasteiger partial charge is 0.306 e. The second-order valence-corrected chi connectivity index (χ2v) is 19.9. The van der Waals surface area contributed by atoms with E-state index in [0.717, 1.165) is 64.2 Å². The number of esters is 3. The van der Waals surface area contributed by atoms with Crippen molar-refractivity contribution in [1.82, 2.24) is 0 Å². The molecule has 0 spiro atoms. The highest BCUT2D eigenvalue weighted by atomic mass is 16.6. The molecule has 0 fully saturated rings. The lowest BCUT2D eigenvalue weighted by atomic mass is 10.0. The fourth-order valence-corrected chi connectivity index (χ4v) is 8.85. The number of carbonyl (C=O) groups is 3. The van der Waals surface area contributed by atoms with Crippen LogP contribution in [0.4, 0.5) is 0 Å². The van der Waals surface area contributed by atoms with Gasteiger partial charge in [-0.3, -0.25) is 14.4 Å². The first-order chi connectivity index (χ1) is 32.0. The maximum atomic E-state index is 12.8. The van der Waals surface area contributed by atoms with Gasteiger partial charge in [0.2, 0.25) is 0 Å². The minimum absolute atomic E-state index is 0.0674. The van der Waals surface area contributed by atoms with Gasteiger partial charge in [0.15, 0.2) is 6.10 Å². The summed E-state index contributed by atoms with van der Waals surface area (Å²) in [5.41, 5.74) is 0. The van der Waals surface area contributed by atoms with E-state index >= 15 is 0 Å². The van der Waals surface area contributed by atoms with Gasteiger partial charge in [-0.15, -0.1) is 0 Å². The Labute approximate surface area is 405 Å². The van der Waals surface area contributed by atoms with Gasteiger partial charge in [-0.2, -0.15) is 0 Å². The van der Waals surface area contributed by atoms with Crippen molar-refractivity contribution in [1.29, 1.82) is 0 Å². The van der Waals surface area contributed by atoms with E-state index in [1.54, 1.807) is 0 Å². The van der Waals surface area contributed by atoms with E-state index in [9.17, 15) is 14.4 Å². The summed E-state index contributed by atoms with van der Waals surface area (Å²) < 4.78 is 16.9. The zero-order chi connectivity index (χ0) is 47.2. The zero-order valence-electron chi connectivity index (χ0n) is 44.0. The van der Waals surface area contributed by atoms with Crippen molar-refractivity contribution >= 4 is 17.9 Å². The van der Waals surface area contributed by atoms with E-state index in [-0.39, 0.29) is 31.1 Å². The fraction of sp³-hybridized carbons (Fsp3) is 0.915. The van der Waals surface area contributed by atoms with Gasteiger partial charge in [-0.25, -0.2) is 0 Å². The molecule has 0 aliphatic carbocycles. The molecule has 0 heterocycles. The lowest BCUT2D eigenvalue weighted by molar-refractivity contribution is -0.167. The van der Waals surface area contributed by atoms with Gasteiger partial charge in [0, 0.05) is 19.3 Å². The molecule has 0 N–H and O–H groups in total. The van der Waals surface area contributed by atoms with Crippen molar-refractivity contribution in [3.8, 4) is 0 Å². The first-order valence-electron chi connectivity index (χ1n) is 29.2. The molecule has 0 unspecified atom stereocenters. The van der Waals surface area contributed by atoms with Crippen molar-refractivity contribution in [3.05, 3.63) is 12.2 Å². The molecule has 0 aliphatic heterocycles. The Morgan fingerprint density at radius 1 is 0.292 bits per heavy atom. The Hall–Kier alpha value is -1.85. The van der Waals surface area contributed by atoms with Gasteiger partial charge in [-0.05, 0) is 44.9 Å². The number of allylic oxidation sites excluding steroid dienone is 2. The van der Waals surface area contributed by atoms with E-state index in [2.05, 4.69) is 32.9 Å². The normalized spacial score (nSPS) is 12.0. The summed E-state index contributed by atoms with van der Waals surface area (Å²) in [4.78, 5) is 38.1. The van der Waals surface area contributed by atoms with Crippen LogP contribution >= 0.6 is 0 Å². The van der Waals surface area contributed by atoms with Crippen LogP contribution in [0.1, 0.15) is 329 Å². The average Bonchev–Trinajstić information content (AvgIpc) is 3.30. The van der Waals surface area contributed by atoms with Crippen molar-refractivity contribution < 1.29 is 28.6 Å². The van der Waals surface area contributed by atoms with Crippen molar-refractivity contribution in [2.45, 2.75) is 335 Å². The second kappa shape index (κ2) is 54.8. The van der Waals surface area contributed by atoms with Crippen LogP contribution < -0.4 is 0 Å². The summed E-state index contributed by atoms with van der Waals surface area (Å²) in [6, 6.07) is 0. The molecule has 1 atom stereocenters. The molecular weight excluding hydrogens is 805 g/mol. The molecule has 0 amide bonds. The first kappa shape index (κ1) is 63.1. The molecule has 6 nitrogen and oxygen atoms in total. The Balaban J connectivity index is 4.29. The zero-order valence-corrected chi connectivity index (χ0v) is 44.0. The Morgan fingerprint density at radius 3 is 0.769 bits per heavy atom. The summed E-state index contributed by atoms with van der Waals surface area (Å²) >= 11 is 0. The Kier molecular flexibility index (Phi) is 53.2. The van der Waals surface area contributed by atoms with Crippen LogP contribution in [0.5, 0.6) is 0 Å². The monoisotopic (exact) mass is 917 g/mol.